The number of carbonyl (C=O) groups excluding carboxylic acids is 2. The van der Waals surface area contributed by atoms with E-state index in [2.05, 4.69) is 38.4 Å². The average Bonchev–Trinajstić information content (AvgIpc) is 3.14. The molecule has 1 aromatic carbocycles. The van der Waals surface area contributed by atoms with Crippen molar-refractivity contribution in [2.45, 2.75) is 26.2 Å². The normalized spacial score (nSPS) is 17.3. The second-order valence-electron chi connectivity index (χ2n) is 5.63. The fourth-order valence-corrected chi connectivity index (χ4v) is 3.83. The van der Waals surface area contributed by atoms with Crippen LogP contribution < -0.4 is 10.2 Å². The van der Waals surface area contributed by atoms with Gasteiger partial charge >= 0.3 is 0 Å². The van der Waals surface area contributed by atoms with Crippen LogP contribution in [0, 0.1) is 5.92 Å². The Bertz CT molecular complexity index is 764. The van der Waals surface area contributed by atoms with Crippen LogP contribution in [0.4, 0.5) is 10.8 Å². The average molecular weight is 409 g/mol. The van der Waals surface area contributed by atoms with Crippen molar-refractivity contribution < 1.29 is 9.59 Å². The molecule has 1 fully saturated rings. The predicted octanol–water partition coefficient (Wildman–Crippen LogP) is 3.24. The molecule has 3 rings (SSSR count). The second-order valence-corrected chi connectivity index (χ2v) is 7.60. The quantitative estimate of drug-likeness (QED) is 0.823. The van der Waals surface area contributed by atoms with Crippen molar-refractivity contribution >= 4 is 49.9 Å². The molecule has 0 saturated carbocycles. The van der Waals surface area contributed by atoms with Gasteiger partial charge in [0.05, 0.1) is 5.92 Å². The van der Waals surface area contributed by atoms with E-state index in [0.717, 1.165) is 28.0 Å². The van der Waals surface area contributed by atoms with Gasteiger partial charge in [-0.1, -0.05) is 40.3 Å². The predicted molar refractivity (Wildman–Crippen MR) is 97.1 cm³/mol. The van der Waals surface area contributed by atoms with Crippen LogP contribution in [0.2, 0.25) is 0 Å². The number of anilines is 2. The smallest absolute Gasteiger partial charge is 0.231 e. The van der Waals surface area contributed by atoms with Gasteiger partial charge < -0.3 is 10.2 Å². The summed E-state index contributed by atoms with van der Waals surface area (Å²) in [5.74, 6) is -0.604. The molecule has 1 N–H and O–H groups in total. The molecule has 1 saturated heterocycles. The van der Waals surface area contributed by atoms with Gasteiger partial charge in [-0.15, -0.1) is 10.2 Å². The summed E-state index contributed by atoms with van der Waals surface area (Å²) in [7, 11) is 0. The van der Waals surface area contributed by atoms with E-state index in [1.165, 1.54) is 11.3 Å². The molecule has 1 aromatic heterocycles. The zero-order chi connectivity index (χ0) is 17.1. The van der Waals surface area contributed by atoms with E-state index in [9.17, 15) is 9.59 Å². The lowest BCUT2D eigenvalue weighted by Crippen LogP contribution is -2.28. The number of halogens is 1. The van der Waals surface area contributed by atoms with Crippen LogP contribution in [0.25, 0.3) is 0 Å². The van der Waals surface area contributed by atoms with Gasteiger partial charge in [0.2, 0.25) is 16.9 Å². The Morgan fingerprint density at radius 2 is 2.29 bits per heavy atom. The summed E-state index contributed by atoms with van der Waals surface area (Å²) in [6.07, 6.45) is 2.05. The fourth-order valence-electron chi connectivity index (χ4n) is 2.60. The van der Waals surface area contributed by atoms with Crippen molar-refractivity contribution in [3.63, 3.8) is 0 Å². The Morgan fingerprint density at radius 3 is 3.04 bits per heavy atom. The van der Waals surface area contributed by atoms with E-state index < -0.39 is 0 Å². The molecule has 0 bridgehead atoms. The lowest BCUT2D eigenvalue weighted by atomic mass is 10.1. The van der Waals surface area contributed by atoms with Crippen LogP contribution in [0.15, 0.2) is 28.7 Å². The van der Waals surface area contributed by atoms with E-state index in [-0.39, 0.29) is 24.2 Å². The first-order valence-corrected chi connectivity index (χ1v) is 9.37. The molecule has 6 nitrogen and oxygen atoms in total. The Labute approximate surface area is 152 Å². The molecule has 2 heterocycles. The number of carbonyl (C=O) groups is 2. The van der Waals surface area contributed by atoms with Gasteiger partial charge in [0.1, 0.15) is 5.01 Å². The minimum Gasteiger partial charge on any atom is -0.312 e. The molecule has 126 valence electrons. The lowest BCUT2D eigenvalue weighted by molar-refractivity contribution is -0.122. The van der Waals surface area contributed by atoms with E-state index in [1.807, 2.05) is 24.3 Å². The maximum atomic E-state index is 12.4. The van der Waals surface area contributed by atoms with E-state index in [0.29, 0.717) is 11.7 Å². The minimum absolute atomic E-state index is 0.0443. The van der Waals surface area contributed by atoms with Crippen LogP contribution in [-0.2, 0) is 16.0 Å². The molecule has 1 atom stereocenters. The second kappa shape index (κ2) is 7.40. The van der Waals surface area contributed by atoms with Crippen molar-refractivity contribution in [1.29, 1.82) is 0 Å². The minimum atomic E-state index is -0.380. The fraction of sp³-hybridized carbons (Fsp3) is 0.375. The summed E-state index contributed by atoms with van der Waals surface area (Å²) < 4.78 is 0.901. The number of amides is 2. The van der Waals surface area contributed by atoms with Gasteiger partial charge in [0, 0.05) is 29.5 Å². The van der Waals surface area contributed by atoms with E-state index >= 15 is 0 Å². The zero-order valence-corrected chi connectivity index (χ0v) is 15.6. The van der Waals surface area contributed by atoms with Crippen molar-refractivity contribution in [2.75, 3.05) is 16.8 Å². The molecule has 0 radical (unpaired) electrons. The highest BCUT2D eigenvalue weighted by molar-refractivity contribution is 9.10. The molecule has 1 aliphatic rings. The van der Waals surface area contributed by atoms with E-state index in [4.69, 9.17) is 0 Å². The van der Waals surface area contributed by atoms with Crippen LogP contribution >= 0.6 is 27.3 Å². The van der Waals surface area contributed by atoms with Gasteiger partial charge in [0.15, 0.2) is 0 Å². The number of aromatic nitrogens is 2. The summed E-state index contributed by atoms with van der Waals surface area (Å²) >= 11 is 4.79. The van der Waals surface area contributed by atoms with Gasteiger partial charge in [-0.05, 0) is 24.6 Å². The number of benzene rings is 1. The van der Waals surface area contributed by atoms with Gasteiger partial charge in [0.25, 0.3) is 0 Å². The Balaban J connectivity index is 1.65. The molecule has 24 heavy (non-hydrogen) atoms. The van der Waals surface area contributed by atoms with Crippen LogP contribution in [-0.4, -0.2) is 28.6 Å². The number of hydrogen-bond acceptors (Lipinski definition) is 5. The third-order valence-electron chi connectivity index (χ3n) is 3.78. The SMILES string of the molecule is CCCc1nnc(NC(=O)[C@@H]2CC(=O)N(c3cccc(Br)c3)C2)s1. The van der Waals surface area contributed by atoms with Crippen LogP contribution in [0.1, 0.15) is 24.8 Å². The summed E-state index contributed by atoms with van der Waals surface area (Å²) in [4.78, 5) is 26.3. The third-order valence-corrected chi connectivity index (χ3v) is 5.17. The van der Waals surface area contributed by atoms with Crippen LogP contribution in [0.3, 0.4) is 0 Å². The number of rotatable bonds is 5. The molecule has 1 aliphatic heterocycles. The highest BCUT2D eigenvalue weighted by Gasteiger charge is 2.35. The number of hydrogen-bond donors (Lipinski definition) is 1. The summed E-state index contributed by atoms with van der Waals surface area (Å²) in [5, 5.41) is 12.2. The maximum Gasteiger partial charge on any atom is 0.231 e. The summed E-state index contributed by atoms with van der Waals surface area (Å²) in [6.45, 7) is 2.45. The Morgan fingerprint density at radius 1 is 1.46 bits per heavy atom. The standard InChI is InChI=1S/C16H17BrN4O2S/c1-2-4-13-19-20-16(24-13)18-15(23)10-7-14(22)21(9-10)12-6-3-5-11(17)8-12/h3,5-6,8,10H,2,4,7,9H2,1H3,(H,18,20,23)/t10-/m1/s1. The third kappa shape index (κ3) is 3.81. The largest absolute Gasteiger partial charge is 0.312 e. The van der Waals surface area contributed by atoms with Gasteiger partial charge in [-0.2, -0.15) is 0 Å². The first-order chi connectivity index (χ1) is 11.6. The number of aryl methyl sites for hydroxylation is 1. The molecule has 0 aliphatic carbocycles. The summed E-state index contributed by atoms with van der Waals surface area (Å²) in [5.41, 5.74) is 0.797. The maximum absolute atomic E-state index is 12.4. The monoisotopic (exact) mass is 408 g/mol. The molecule has 0 spiro atoms. The lowest BCUT2D eigenvalue weighted by Gasteiger charge is -2.16. The topological polar surface area (TPSA) is 75.2 Å². The molecular weight excluding hydrogens is 392 g/mol. The van der Waals surface area contributed by atoms with Crippen molar-refractivity contribution in [1.82, 2.24) is 10.2 Å². The first-order valence-electron chi connectivity index (χ1n) is 7.76. The molecule has 2 aromatic rings. The molecule has 0 unspecified atom stereocenters. The van der Waals surface area contributed by atoms with Crippen LogP contribution in [0.5, 0.6) is 0 Å². The highest BCUT2D eigenvalue weighted by atomic mass is 79.9. The molecule has 2 amide bonds. The Kier molecular flexibility index (Phi) is 5.25. The molecular formula is C16H17BrN4O2S. The first kappa shape index (κ1) is 17.0. The zero-order valence-electron chi connectivity index (χ0n) is 13.2. The van der Waals surface area contributed by atoms with Crippen molar-refractivity contribution in [3.05, 3.63) is 33.7 Å². The van der Waals surface area contributed by atoms with Gasteiger partial charge in [-0.3, -0.25) is 9.59 Å². The highest BCUT2D eigenvalue weighted by Crippen LogP contribution is 2.28. The number of nitrogens with one attached hydrogen (secondary N) is 1. The van der Waals surface area contributed by atoms with Crippen molar-refractivity contribution in [2.24, 2.45) is 5.92 Å². The van der Waals surface area contributed by atoms with Crippen molar-refractivity contribution in [3.8, 4) is 0 Å². The number of nitrogens with zero attached hydrogens (tertiary/aromatic N) is 3. The molecule has 8 heteroatoms. The summed E-state index contributed by atoms with van der Waals surface area (Å²) in [6, 6.07) is 7.51. The van der Waals surface area contributed by atoms with Gasteiger partial charge in [-0.25, -0.2) is 0 Å². The Hall–Kier alpha value is -1.80. The van der Waals surface area contributed by atoms with E-state index in [1.54, 1.807) is 4.90 Å².